The highest BCUT2D eigenvalue weighted by atomic mass is 19.2. The number of rotatable bonds is 4. The number of hydrogen-bond donors (Lipinski definition) is 1. The Morgan fingerprint density at radius 1 is 1.33 bits per heavy atom. The van der Waals surface area contributed by atoms with Crippen LogP contribution < -0.4 is 5.32 Å². The summed E-state index contributed by atoms with van der Waals surface area (Å²) in [7, 11) is 0. The fourth-order valence-corrected chi connectivity index (χ4v) is 2.52. The number of aryl methyl sites for hydroxylation is 1. The Morgan fingerprint density at radius 2 is 2.19 bits per heavy atom. The third-order valence-electron chi connectivity index (χ3n) is 3.55. The van der Waals surface area contributed by atoms with Crippen molar-refractivity contribution in [1.82, 2.24) is 10.3 Å². The third-order valence-corrected chi connectivity index (χ3v) is 3.55. The molecule has 1 fully saturated rings. The molecular weight excluding hydrogens is 278 g/mol. The quantitative estimate of drug-likeness (QED) is 0.942. The van der Waals surface area contributed by atoms with Crippen LogP contribution in [0.25, 0.3) is 0 Å². The van der Waals surface area contributed by atoms with Crippen LogP contribution in [0.4, 0.5) is 8.78 Å². The van der Waals surface area contributed by atoms with Crippen molar-refractivity contribution < 1.29 is 17.9 Å². The minimum Gasteiger partial charge on any atom is -0.445 e. The van der Waals surface area contributed by atoms with Gasteiger partial charge in [-0.25, -0.2) is 13.8 Å². The molecule has 2 aromatic rings. The molecule has 3 rings (SSSR count). The van der Waals surface area contributed by atoms with Gasteiger partial charge in [-0.15, -0.1) is 0 Å². The van der Waals surface area contributed by atoms with Crippen molar-refractivity contribution in [2.75, 3.05) is 6.61 Å². The van der Waals surface area contributed by atoms with Crippen LogP contribution >= 0.6 is 0 Å². The van der Waals surface area contributed by atoms with Gasteiger partial charge >= 0.3 is 0 Å². The molecule has 0 saturated carbocycles. The highest BCUT2D eigenvalue weighted by Crippen LogP contribution is 2.30. The maximum Gasteiger partial charge on any atom is 0.208 e. The van der Waals surface area contributed by atoms with E-state index in [1.54, 1.807) is 12.3 Å². The molecule has 2 heterocycles. The topological polar surface area (TPSA) is 47.3 Å². The second kappa shape index (κ2) is 5.91. The van der Waals surface area contributed by atoms with Gasteiger partial charge in [0.25, 0.3) is 0 Å². The van der Waals surface area contributed by atoms with Crippen molar-refractivity contribution in [2.24, 2.45) is 0 Å². The Kier molecular flexibility index (Phi) is 3.98. The molecule has 1 aromatic carbocycles. The lowest BCUT2D eigenvalue weighted by atomic mass is 10.0. The monoisotopic (exact) mass is 294 g/mol. The molecule has 6 heteroatoms. The predicted molar refractivity (Wildman–Crippen MR) is 71.5 cm³/mol. The highest BCUT2D eigenvalue weighted by molar-refractivity contribution is 5.22. The molecule has 2 atom stereocenters. The lowest BCUT2D eigenvalue weighted by Crippen LogP contribution is -2.31. The van der Waals surface area contributed by atoms with E-state index in [0.29, 0.717) is 24.6 Å². The Hall–Kier alpha value is -1.79. The fraction of sp³-hybridized carbons (Fsp3) is 0.400. The van der Waals surface area contributed by atoms with Gasteiger partial charge in [0.1, 0.15) is 5.76 Å². The highest BCUT2D eigenvalue weighted by Gasteiger charge is 2.30. The van der Waals surface area contributed by atoms with Gasteiger partial charge in [0.05, 0.1) is 18.8 Å². The van der Waals surface area contributed by atoms with Gasteiger partial charge in [0.15, 0.2) is 11.6 Å². The van der Waals surface area contributed by atoms with Gasteiger partial charge in [-0.1, -0.05) is 6.07 Å². The molecule has 0 aliphatic carbocycles. The van der Waals surface area contributed by atoms with Crippen molar-refractivity contribution >= 4 is 0 Å². The number of ether oxygens (including phenoxy) is 1. The van der Waals surface area contributed by atoms with Crippen LogP contribution in [-0.2, 0) is 11.3 Å². The average Bonchev–Trinajstić information content (AvgIpc) is 3.08. The van der Waals surface area contributed by atoms with E-state index in [1.165, 1.54) is 6.07 Å². The summed E-state index contributed by atoms with van der Waals surface area (Å²) in [5.74, 6) is -0.350. The summed E-state index contributed by atoms with van der Waals surface area (Å²) in [6.07, 6.45) is 2.16. The first-order valence-corrected chi connectivity index (χ1v) is 6.85. The van der Waals surface area contributed by atoms with Crippen LogP contribution in [0.15, 0.2) is 28.8 Å². The molecule has 0 bridgehead atoms. The van der Waals surface area contributed by atoms with Gasteiger partial charge in [0, 0.05) is 12.6 Å². The SMILES string of the molecule is Cc1cnc(CN[C@H]2CCO[C@H]2c2ccc(F)c(F)c2)o1. The Morgan fingerprint density at radius 3 is 2.90 bits per heavy atom. The van der Waals surface area contributed by atoms with Gasteiger partial charge in [-0.3, -0.25) is 0 Å². The van der Waals surface area contributed by atoms with E-state index >= 15 is 0 Å². The number of halogens is 2. The zero-order valence-electron chi connectivity index (χ0n) is 11.6. The molecule has 0 radical (unpaired) electrons. The first-order valence-electron chi connectivity index (χ1n) is 6.85. The molecule has 0 unspecified atom stereocenters. The van der Waals surface area contributed by atoms with Gasteiger partial charge < -0.3 is 14.5 Å². The van der Waals surface area contributed by atoms with Crippen LogP contribution in [0.1, 0.15) is 29.7 Å². The van der Waals surface area contributed by atoms with E-state index in [-0.39, 0.29) is 12.1 Å². The van der Waals surface area contributed by atoms with Crippen LogP contribution in [0.3, 0.4) is 0 Å². The molecule has 1 aromatic heterocycles. The van der Waals surface area contributed by atoms with E-state index in [9.17, 15) is 8.78 Å². The van der Waals surface area contributed by atoms with E-state index in [4.69, 9.17) is 9.15 Å². The molecule has 1 aliphatic rings. The Bertz CT molecular complexity index is 630. The maximum atomic E-state index is 13.3. The Balaban J connectivity index is 1.68. The molecule has 1 N–H and O–H groups in total. The van der Waals surface area contributed by atoms with Crippen molar-refractivity contribution in [3.63, 3.8) is 0 Å². The van der Waals surface area contributed by atoms with Crippen molar-refractivity contribution in [3.8, 4) is 0 Å². The summed E-state index contributed by atoms with van der Waals surface area (Å²) in [5, 5.41) is 3.30. The average molecular weight is 294 g/mol. The first kappa shape index (κ1) is 14.2. The lowest BCUT2D eigenvalue weighted by molar-refractivity contribution is 0.0976. The molecular formula is C15H16F2N2O2. The second-order valence-electron chi connectivity index (χ2n) is 5.11. The molecule has 0 amide bonds. The van der Waals surface area contributed by atoms with Crippen LogP contribution in [-0.4, -0.2) is 17.6 Å². The van der Waals surface area contributed by atoms with Crippen LogP contribution in [0.2, 0.25) is 0 Å². The second-order valence-corrected chi connectivity index (χ2v) is 5.11. The number of nitrogens with one attached hydrogen (secondary N) is 1. The standard InChI is InChI=1S/C15H16F2N2O2/c1-9-7-19-14(21-9)8-18-13-4-5-20-15(13)10-2-3-11(16)12(17)6-10/h2-3,6-7,13,15,18H,4-5,8H2,1H3/t13-,15-/m0/s1. The number of oxazole rings is 1. The minimum absolute atomic E-state index is 0.0158. The van der Waals surface area contributed by atoms with Crippen LogP contribution in [0.5, 0.6) is 0 Å². The third kappa shape index (κ3) is 3.11. The minimum atomic E-state index is -0.856. The molecule has 21 heavy (non-hydrogen) atoms. The van der Waals surface area contributed by atoms with E-state index in [1.807, 2.05) is 6.92 Å². The van der Waals surface area contributed by atoms with Gasteiger partial charge in [-0.2, -0.15) is 0 Å². The predicted octanol–water partition coefficient (Wildman–Crippen LogP) is 2.88. The molecule has 1 saturated heterocycles. The molecule has 1 aliphatic heterocycles. The molecule has 4 nitrogen and oxygen atoms in total. The van der Waals surface area contributed by atoms with Gasteiger partial charge in [-0.05, 0) is 31.0 Å². The largest absolute Gasteiger partial charge is 0.445 e. The summed E-state index contributed by atoms with van der Waals surface area (Å²) in [5.41, 5.74) is 0.632. The fourth-order valence-electron chi connectivity index (χ4n) is 2.52. The zero-order valence-corrected chi connectivity index (χ0v) is 11.6. The lowest BCUT2D eigenvalue weighted by Gasteiger charge is -2.19. The molecule has 0 spiro atoms. The first-order chi connectivity index (χ1) is 10.1. The summed E-state index contributed by atoms with van der Waals surface area (Å²) in [6.45, 7) is 2.88. The van der Waals surface area contributed by atoms with Gasteiger partial charge in [0.2, 0.25) is 5.89 Å². The summed E-state index contributed by atoms with van der Waals surface area (Å²) >= 11 is 0. The number of nitrogens with zero attached hydrogens (tertiary/aromatic N) is 1. The molecule has 112 valence electrons. The van der Waals surface area contributed by atoms with E-state index in [0.717, 1.165) is 18.2 Å². The zero-order chi connectivity index (χ0) is 14.8. The summed E-state index contributed by atoms with van der Waals surface area (Å²) < 4.78 is 37.4. The van der Waals surface area contributed by atoms with Crippen molar-refractivity contribution in [2.45, 2.75) is 32.0 Å². The number of aromatic nitrogens is 1. The normalized spacial score (nSPS) is 21.9. The summed E-state index contributed by atoms with van der Waals surface area (Å²) in [6, 6.07) is 3.89. The van der Waals surface area contributed by atoms with E-state index < -0.39 is 11.6 Å². The maximum absolute atomic E-state index is 13.3. The van der Waals surface area contributed by atoms with Crippen molar-refractivity contribution in [1.29, 1.82) is 0 Å². The Labute approximate surface area is 121 Å². The van der Waals surface area contributed by atoms with E-state index in [2.05, 4.69) is 10.3 Å². The summed E-state index contributed by atoms with van der Waals surface area (Å²) in [4.78, 5) is 4.12. The number of benzene rings is 1. The van der Waals surface area contributed by atoms with Crippen molar-refractivity contribution in [3.05, 3.63) is 53.2 Å². The van der Waals surface area contributed by atoms with Crippen LogP contribution in [0, 0.1) is 18.6 Å². The number of hydrogen-bond acceptors (Lipinski definition) is 4. The smallest absolute Gasteiger partial charge is 0.208 e.